The molecule has 20 heavy (non-hydrogen) atoms. The third-order valence-corrected chi connectivity index (χ3v) is 3.72. The minimum atomic E-state index is -4.71. The standard InChI is InChI=1S/C13H15BrF3NO2/c1-8(9-4-5-19-7-9)18-11-3-2-10(14)6-12(11)20-13(15,16)17/h2-3,6,8-9,18H,4-5,7H2,1H3. The van der Waals surface area contributed by atoms with E-state index in [-0.39, 0.29) is 17.7 Å². The van der Waals surface area contributed by atoms with Crippen LogP contribution in [0.3, 0.4) is 0 Å². The van der Waals surface area contributed by atoms with E-state index >= 15 is 0 Å². The molecule has 1 saturated heterocycles. The van der Waals surface area contributed by atoms with Gasteiger partial charge in [-0.1, -0.05) is 15.9 Å². The van der Waals surface area contributed by atoms with Gasteiger partial charge in [0.05, 0.1) is 12.3 Å². The second-order valence-electron chi connectivity index (χ2n) is 4.74. The molecule has 0 bridgehead atoms. The predicted octanol–water partition coefficient (Wildman–Crippen LogP) is 4.18. The Kier molecular flexibility index (Phi) is 4.80. The molecular weight excluding hydrogens is 339 g/mol. The van der Waals surface area contributed by atoms with Crippen LogP contribution in [0, 0.1) is 5.92 Å². The molecule has 1 heterocycles. The van der Waals surface area contributed by atoms with Crippen molar-refractivity contribution in [2.24, 2.45) is 5.92 Å². The maximum Gasteiger partial charge on any atom is 0.573 e. The number of hydrogen-bond acceptors (Lipinski definition) is 3. The Morgan fingerprint density at radius 1 is 1.45 bits per heavy atom. The average molecular weight is 354 g/mol. The fourth-order valence-electron chi connectivity index (χ4n) is 2.13. The molecule has 1 aromatic carbocycles. The number of hydrogen-bond donors (Lipinski definition) is 1. The molecule has 0 aliphatic carbocycles. The number of rotatable bonds is 4. The first kappa shape index (κ1) is 15.4. The summed E-state index contributed by atoms with van der Waals surface area (Å²) >= 11 is 3.14. The largest absolute Gasteiger partial charge is 0.573 e. The summed E-state index contributed by atoms with van der Waals surface area (Å²) < 4.78 is 47.1. The lowest BCUT2D eigenvalue weighted by atomic mass is 10.0. The van der Waals surface area contributed by atoms with Gasteiger partial charge in [0, 0.05) is 23.0 Å². The average Bonchev–Trinajstić information content (AvgIpc) is 2.84. The first-order valence-electron chi connectivity index (χ1n) is 6.25. The van der Waals surface area contributed by atoms with Crippen LogP contribution >= 0.6 is 15.9 Å². The Morgan fingerprint density at radius 2 is 2.20 bits per heavy atom. The molecule has 1 aromatic rings. The highest BCUT2D eigenvalue weighted by atomic mass is 79.9. The van der Waals surface area contributed by atoms with Crippen molar-refractivity contribution >= 4 is 21.6 Å². The molecule has 7 heteroatoms. The highest BCUT2D eigenvalue weighted by molar-refractivity contribution is 9.10. The van der Waals surface area contributed by atoms with Gasteiger partial charge in [0.15, 0.2) is 5.75 Å². The molecule has 0 saturated carbocycles. The lowest BCUT2D eigenvalue weighted by Gasteiger charge is -2.22. The van der Waals surface area contributed by atoms with E-state index in [0.29, 0.717) is 23.4 Å². The van der Waals surface area contributed by atoms with Crippen LogP contribution < -0.4 is 10.1 Å². The van der Waals surface area contributed by atoms with Crippen molar-refractivity contribution in [3.05, 3.63) is 22.7 Å². The molecular formula is C13H15BrF3NO2. The molecule has 3 nitrogen and oxygen atoms in total. The zero-order chi connectivity index (χ0) is 14.8. The van der Waals surface area contributed by atoms with Gasteiger partial charge in [-0.15, -0.1) is 13.2 Å². The van der Waals surface area contributed by atoms with Gasteiger partial charge in [-0.2, -0.15) is 0 Å². The quantitative estimate of drug-likeness (QED) is 0.880. The van der Waals surface area contributed by atoms with E-state index < -0.39 is 6.36 Å². The SMILES string of the molecule is CC(Nc1ccc(Br)cc1OC(F)(F)F)C1CCOC1. The van der Waals surface area contributed by atoms with Gasteiger partial charge >= 0.3 is 6.36 Å². The number of benzene rings is 1. The first-order valence-corrected chi connectivity index (χ1v) is 7.04. The third kappa shape index (κ3) is 4.28. The highest BCUT2D eigenvalue weighted by Crippen LogP contribution is 2.34. The Balaban J connectivity index is 2.13. The molecule has 0 radical (unpaired) electrons. The molecule has 1 aliphatic heterocycles. The van der Waals surface area contributed by atoms with Crippen LogP contribution in [0.2, 0.25) is 0 Å². The molecule has 1 fully saturated rings. The highest BCUT2D eigenvalue weighted by Gasteiger charge is 2.32. The fourth-order valence-corrected chi connectivity index (χ4v) is 2.47. The van der Waals surface area contributed by atoms with E-state index in [1.165, 1.54) is 6.07 Å². The summed E-state index contributed by atoms with van der Waals surface area (Å²) in [7, 11) is 0. The van der Waals surface area contributed by atoms with Gasteiger partial charge < -0.3 is 14.8 Å². The van der Waals surface area contributed by atoms with Crippen molar-refractivity contribution in [1.29, 1.82) is 0 Å². The minimum absolute atomic E-state index is 0.00857. The van der Waals surface area contributed by atoms with Crippen LogP contribution in [-0.2, 0) is 4.74 Å². The molecule has 112 valence electrons. The van der Waals surface area contributed by atoms with Crippen LogP contribution in [0.15, 0.2) is 22.7 Å². The van der Waals surface area contributed by atoms with Crippen molar-refractivity contribution in [3.8, 4) is 5.75 Å². The summed E-state index contributed by atoms with van der Waals surface area (Å²) in [5.41, 5.74) is 0.324. The van der Waals surface area contributed by atoms with Gasteiger partial charge in [0.25, 0.3) is 0 Å². The summed E-state index contributed by atoms with van der Waals surface area (Å²) in [6.07, 6.45) is -3.81. The number of nitrogens with one attached hydrogen (secondary N) is 1. The summed E-state index contributed by atoms with van der Waals surface area (Å²) in [6.45, 7) is 3.25. The molecule has 0 spiro atoms. The number of alkyl halides is 3. The Labute approximate surface area is 123 Å². The van der Waals surface area contributed by atoms with Crippen LogP contribution in [0.1, 0.15) is 13.3 Å². The van der Waals surface area contributed by atoms with Crippen molar-refractivity contribution in [1.82, 2.24) is 0 Å². The second-order valence-corrected chi connectivity index (χ2v) is 5.66. The summed E-state index contributed by atoms with van der Waals surface area (Å²) in [4.78, 5) is 0. The Hall–Kier alpha value is -0.950. The fraction of sp³-hybridized carbons (Fsp3) is 0.538. The molecule has 0 aromatic heterocycles. The van der Waals surface area contributed by atoms with Crippen molar-refractivity contribution in [2.45, 2.75) is 25.7 Å². The summed E-state index contributed by atoms with van der Waals surface area (Å²) in [5, 5.41) is 3.08. The molecule has 1 aliphatic rings. The van der Waals surface area contributed by atoms with E-state index in [0.717, 1.165) is 6.42 Å². The lowest BCUT2D eigenvalue weighted by Crippen LogP contribution is -2.27. The number of halogens is 4. The monoisotopic (exact) mass is 353 g/mol. The topological polar surface area (TPSA) is 30.5 Å². The van der Waals surface area contributed by atoms with E-state index in [2.05, 4.69) is 26.0 Å². The zero-order valence-corrected chi connectivity index (χ0v) is 12.4. The van der Waals surface area contributed by atoms with Gasteiger partial charge in [0.2, 0.25) is 0 Å². The smallest absolute Gasteiger partial charge is 0.404 e. The van der Waals surface area contributed by atoms with Crippen LogP contribution in [0.5, 0.6) is 5.75 Å². The third-order valence-electron chi connectivity index (χ3n) is 3.22. The van der Waals surface area contributed by atoms with Crippen LogP contribution in [0.25, 0.3) is 0 Å². The molecule has 1 N–H and O–H groups in total. The summed E-state index contributed by atoms with van der Waals surface area (Å²) in [6, 6.07) is 4.54. The van der Waals surface area contributed by atoms with E-state index in [1.54, 1.807) is 12.1 Å². The van der Waals surface area contributed by atoms with Crippen molar-refractivity contribution < 1.29 is 22.6 Å². The van der Waals surface area contributed by atoms with E-state index in [4.69, 9.17) is 4.74 Å². The Bertz CT molecular complexity index is 461. The zero-order valence-electron chi connectivity index (χ0n) is 10.8. The van der Waals surface area contributed by atoms with E-state index in [9.17, 15) is 13.2 Å². The second kappa shape index (κ2) is 6.22. The van der Waals surface area contributed by atoms with Gasteiger partial charge in [-0.25, -0.2) is 0 Å². The van der Waals surface area contributed by atoms with Gasteiger partial charge in [-0.05, 0) is 31.5 Å². The number of anilines is 1. The predicted molar refractivity (Wildman–Crippen MR) is 72.8 cm³/mol. The first-order chi connectivity index (χ1) is 9.35. The number of ether oxygens (including phenoxy) is 2. The maximum absolute atomic E-state index is 12.4. The van der Waals surface area contributed by atoms with Crippen LogP contribution in [-0.4, -0.2) is 25.6 Å². The van der Waals surface area contributed by atoms with E-state index in [1.807, 2.05) is 6.92 Å². The molecule has 2 rings (SSSR count). The van der Waals surface area contributed by atoms with Crippen LogP contribution in [0.4, 0.5) is 18.9 Å². The van der Waals surface area contributed by atoms with Gasteiger partial charge in [-0.3, -0.25) is 0 Å². The maximum atomic E-state index is 12.4. The van der Waals surface area contributed by atoms with Gasteiger partial charge in [0.1, 0.15) is 0 Å². The normalized spacial score (nSPS) is 20.8. The minimum Gasteiger partial charge on any atom is -0.404 e. The molecule has 2 unspecified atom stereocenters. The lowest BCUT2D eigenvalue weighted by molar-refractivity contribution is -0.274. The molecule has 2 atom stereocenters. The van der Waals surface area contributed by atoms with Crippen molar-refractivity contribution in [3.63, 3.8) is 0 Å². The summed E-state index contributed by atoms with van der Waals surface area (Å²) in [5.74, 6) is 0.0509. The molecule has 0 amide bonds. The Morgan fingerprint density at radius 3 is 2.80 bits per heavy atom. The van der Waals surface area contributed by atoms with Crippen molar-refractivity contribution in [2.75, 3.05) is 18.5 Å².